The lowest BCUT2D eigenvalue weighted by molar-refractivity contribution is -0.137. The first kappa shape index (κ1) is 23.3. The molecule has 1 aliphatic heterocycles. The summed E-state index contributed by atoms with van der Waals surface area (Å²) in [5.74, 6) is 1.84. The fraction of sp³-hybridized carbons (Fsp3) is 0.667. The van der Waals surface area contributed by atoms with Gasteiger partial charge in [0.2, 0.25) is 11.7 Å². The fourth-order valence-electron chi connectivity index (χ4n) is 3.30. The van der Waals surface area contributed by atoms with E-state index in [-0.39, 0.29) is 18.1 Å². The molecule has 0 bridgehead atoms. The van der Waals surface area contributed by atoms with E-state index in [1.807, 2.05) is 37.8 Å². The summed E-state index contributed by atoms with van der Waals surface area (Å²) >= 11 is 0. The second kappa shape index (κ2) is 10.1. The third-order valence-electron chi connectivity index (χ3n) is 4.88. The van der Waals surface area contributed by atoms with E-state index >= 15 is 0 Å². The molecule has 0 radical (unpaired) electrons. The Morgan fingerprint density at radius 2 is 1.66 bits per heavy atom. The summed E-state index contributed by atoms with van der Waals surface area (Å²) < 4.78 is 22.0. The number of benzene rings is 1. The molecule has 2 rings (SSSR count). The minimum absolute atomic E-state index is 0.0578. The highest BCUT2D eigenvalue weighted by atomic mass is 16.5. The number of carbonyl (C=O) groups is 1. The van der Waals surface area contributed by atoms with Crippen molar-refractivity contribution in [2.45, 2.75) is 39.0 Å². The highest BCUT2D eigenvalue weighted by molar-refractivity contribution is 5.81. The van der Waals surface area contributed by atoms with Crippen LogP contribution in [0, 0.1) is 0 Å². The number of hydrogen-bond donors (Lipinski definition) is 1. The van der Waals surface area contributed by atoms with Crippen molar-refractivity contribution in [3.05, 3.63) is 17.7 Å². The van der Waals surface area contributed by atoms with Gasteiger partial charge in [0.1, 0.15) is 6.04 Å². The number of rotatable bonds is 8. The zero-order valence-corrected chi connectivity index (χ0v) is 18.5. The average Bonchev–Trinajstić information content (AvgIpc) is 2.70. The highest BCUT2D eigenvalue weighted by Gasteiger charge is 2.27. The molecule has 1 atom stereocenters. The molecule has 1 amide bonds. The van der Waals surface area contributed by atoms with E-state index in [0.717, 1.165) is 18.7 Å². The van der Waals surface area contributed by atoms with Gasteiger partial charge in [0.25, 0.3) is 0 Å². The van der Waals surface area contributed by atoms with Crippen molar-refractivity contribution in [3.63, 3.8) is 0 Å². The molecular weight excluding hydrogens is 374 g/mol. The third kappa shape index (κ3) is 6.22. The molecule has 0 aliphatic carbocycles. The Bertz CT molecular complexity index is 682. The number of carbonyl (C=O) groups excluding carboxylic acids is 1. The zero-order valence-electron chi connectivity index (χ0n) is 18.5. The minimum atomic E-state index is -0.633. The summed E-state index contributed by atoms with van der Waals surface area (Å²) in [5.41, 5.74) is 6.74. The lowest BCUT2D eigenvalue weighted by atomic mass is 10.1. The van der Waals surface area contributed by atoms with Gasteiger partial charge in [-0.15, -0.1) is 0 Å². The summed E-state index contributed by atoms with van der Waals surface area (Å²) in [6.07, 6.45) is 0. The Labute approximate surface area is 173 Å². The second-order valence-electron chi connectivity index (χ2n) is 8.12. The molecular formula is C21H35N3O5. The quantitative estimate of drug-likeness (QED) is 0.696. The first-order chi connectivity index (χ1) is 13.7. The topological polar surface area (TPSA) is 86.5 Å². The molecule has 0 aromatic heterocycles. The number of amides is 1. The molecule has 2 N–H and O–H groups in total. The van der Waals surface area contributed by atoms with Crippen molar-refractivity contribution in [1.82, 2.24) is 9.80 Å². The standard InChI is InChI=1S/C21H35N3O5/c1-21(2,3)29-14-16(22)20(25)24-11-9-23(10-12-24)13-15-7-8-17(26-4)19(28-6)18(15)27-5/h7-8,16H,9-14,22H2,1-6H3/t16-/m0/s1. The minimum Gasteiger partial charge on any atom is -0.493 e. The first-order valence-corrected chi connectivity index (χ1v) is 9.88. The van der Waals surface area contributed by atoms with Crippen molar-refractivity contribution in [1.29, 1.82) is 0 Å². The van der Waals surface area contributed by atoms with E-state index in [4.69, 9.17) is 24.7 Å². The maximum Gasteiger partial charge on any atom is 0.241 e. The number of nitrogens with zero attached hydrogens (tertiary/aromatic N) is 2. The molecule has 1 fully saturated rings. The molecule has 8 nitrogen and oxygen atoms in total. The SMILES string of the molecule is COc1ccc(CN2CCN(C(=O)[C@@H](N)COC(C)(C)C)CC2)c(OC)c1OC. The molecule has 1 aromatic rings. The van der Waals surface area contributed by atoms with E-state index in [2.05, 4.69) is 4.90 Å². The Balaban J connectivity index is 1.94. The predicted octanol–water partition coefficient (Wildman–Crippen LogP) is 1.50. The molecule has 1 aliphatic rings. The van der Waals surface area contributed by atoms with Crippen molar-refractivity contribution in [3.8, 4) is 17.2 Å². The Kier molecular flexibility index (Phi) is 8.13. The van der Waals surface area contributed by atoms with Gasteiger partial charge in [-0.2, -0.15) is 0 Å². The van der Waals surface area contributed by atoms with Gasteiger partial charge in [0.05, 0.1) is 33.5 Å². The largest absolute Gasteiger partial charge is 0.493 e. The van der Waals surface area contributed by atoms with Crippen LogP contribution in [0.1, 0.15) is 26.3 Å². The van der Waals surface area contributed by atoms with Crippen LogP contribution in [-0.2, 0) is 16.1 Å². The van der Waals surface area contributed by atoms with Crippen LogP contribution in [0.5, 0.6) is 17.2 Å². The summed E-state index contributed by atoms with van der Waals surface area (Å²) in [6, 6.07) is 3.23. The van der Waals surface area contributed by atoms with Crippen LogP contribution in [0.25, 0.3) is 0 Å². The molecule has 0 spiro atoms. The van der Waals surface area contributed by atoms with Crippen LogP contribution >= 0.6 is 0 Å². The van der Waals surface area contributed by atoms with E-state index < -0.39 is 6.04 Å². The van der Waals surface area contributed by atoms with Crippen LogP contribution in [-0.4, -0.2) is 81.5 Å². The maximum atomic E-state index is 12.6. The van der Waals surface area contributed by atoms with Crippen LogP contribution in [0.2, 0.25) is 0 Å². The van der Waals surface area contributed by atoms with Crippen LogP contribution in [0.4, 0.5) is 0 Å². The van der Waals surface area contributed by atoms with Crippen LogP contribution in [0.3, 0.4) is 0 Å². The Morgan fingerprint density at radius 3 is 2.17 bits per heavy atom. The van der Waals surface area contributed by atoms with E-state index in [1.165, 1.54) is 0 Å². The molecule has 0 unspecified atom stereocenters. The lowest BCUT2D eigenvalue weighted by Gasteiger charge is -2.36. The van der Waals surface area contributed by atoms with Crippen molar-refractivity contribution < 1.29 is 23.7 Å². The van der Waals surface area contributed by atoms with Gasteiger partial charge in [-0.05, 0) is 26.8 Å². The van der Waals surface area contributed by atoms with Crippen molar-refractivity contribution in [2.24, 2.45) is 5.73 Å². The summed E-state index contributed by atoms with van der Waals surface area (Å²) in [7, 11) is 4.82. The lowest BCUT2D eigenvalue weighted by Crippen LogP contribution is -2.54. The van der Waals surface area contributed by atoms with Gasteiger partial charge >= 0.3 is 0 Å². The van der Waals surface area contributed by atoms with Crippen molar-refractivity contribution in [2.75, 3.05) is 54.1 Å². The van der Waals surface area contributed by atoms with Gasteiger partial charge in [-0.1, -0.05) is 6.07 Å². The number of ether oxygens (including phenoxy) is 4. The Morgan fingerprint density at radius 1 is 1.03 bits per heavy atom. The Hall–Kier alpha value is -2.03. The number of nitrogens with two attached hydrogens (primary N) is 1. The van der Waals surface area contributed by atoms with E-state index in [0.29, 0.717) is 36.9 Å². The number of hydrogen-bond acceptors (Lipinski definition) is 7. The van der Waals surface area contributed by atoms with E-state index in [1.54, 1.807) is 21.3 Å². The van der Waals surface area contributed by atoms with E-state index in [9.17, 15) is 4.79 Å². The van der Waals surface area contributed by atoms with Gasteiger partial charge in [-0.3, -0.25) is 9.69 Å². The summed E-state index contributed by atoms with van der Waals surface area (Å²) in [5, 5.41) is 0. The molecule has 1 aromatic carbocycles. The van der Waals surface area contributed by atoms with Crippen LogP contribution in [0.15, 0.2) is 12.1 Å². The monoisotopic (exact) mass is 409 g/mol. The maximum absolute atomic E-state index is 12.6. The zero-order chi connectivity index (χ0) is 21.6. The molecule has 1 heterocycles. The first-order valence-electron chi connectivity index (χ1n) is 9.88. The summed E-state index contributed by atoms with van der Waals surface area (Å²) in [6.45, 7) is 9.57. The third-order valence-corrected chi connectivity index (χ3v) is 4.88. The average molecular weight is 410 g/mol. The molecule has 1 saturated heterocycles. The molecule has 164 valence electrons. The second-order valence-corrected chi connectivity index (χ2v) is 8.12. The van der Waals surface area contributed by atoms with Gasteiger partial charge in [0.15, 0.2) is 11.5 Å². The van der Waals surface area contributed by atoms with Gasteiger partial charge in [0, 0.05) is 38.3 Å². The number of piperazine rings is 1. The highest BCUT2D eigenvalue weighted by Crippen LogP contribution is 2.40. The molecule has 8 heteroatoms. The predicted molar refractivity (Wildman–Crippen MR) is 112 cm³/mol. The molecule has 29 heavy (non-hydrogen) atoms. The van der Waals surface area contributed by atoms with Crippen LogP contribution < -0.4 is 19.9 Å². The van der Waals surface area contributed by atoms with Crippen molar-refractivity contribution >= 4 is 5.91 Å². The fourth-order valence-corrected chi connectivity index (χ4v) is 3.30. The van der Waals surface area contributed by atoms with Gasteiger partial charge in [-0.25, -0.2) is 0 Å². The smallest absolute Gasteiger partial charge is 0.241 e. The molecule has 0 saturated carbocycles. The number of methoxy groups -OCH3 is 3. The normalized spacial score (nSPS) is 16.4. The van der Waals surface area contributed by atoms with Gasteiger partial charge < -0.3 is 29.6 Å². The summed E-state index contributed by atoms with van der Waals surface area (Å²) in [4.78, 5) is 16.7.